The molecule has 0 aromatic heterocycles. The van der Waals surface area contributed by atoms with E-state index in [1.54, 1.807) is 37.4 Å². The Kier molecular flexibility index (Phi) is 4.58. The number of rotatable bonds is 4. The number of nitrogens with zero attached hydrogens (tertiary/aromatic N) is 1. The molecule has 1 N–H and O–H groups in total. The molecule has 0 unspecified atom stereocenters. The van der Waals surface area contributed by atoms with Crippen LogP contribution in [0.2, 0.25) is 0 Å². The van der Waals surface area contributed by atoms with E-state index in [1.807, 2.05) is 0 Å². The predicted molar refractivity (Wildman–Crippen MR) is 62.3 cm³/mol. The molecule has 0 atom stereocenters. The SMILES string of the molecule is COC(=O)/C(C#N)=C\Nc1cccc(OC)c1. The lowest BCUT2D eigenvalue weighted by atomic mass is 10.3. The molecule has 88 valence electrons. The van der Waals surface area contributed by atoms with Crippen molar-refractivity contribution in [3.05, 3.63) is 36.0 Å². The first-order valence-corrected chi connectivity index (χ1v) is 4.80. The van der Waals surface area contributed by atoms with Gasteiger partial charge >= 0.3 is 5.97 Å². The fourth-order valence-electron chi connectivity index (χ4n) is 1.12. The number of ether oxygens (including phenoxy) is 2. The van der Waals surface area contributed by atoms with Crippen molar-refractivity contribution in [1.29, 1.82) is 5.26 Å². The second-order valence-corrected chi connectivity index (χ2v) is 3.04. The highest BCUT2D eigenvalue weighted by Gasteiger charge is 2.07. The van der Waals surface area contributed by atoms with E-state index in [0.29, 0.717) is 11.4 Å². The second kappa shape index (κ2) is 6.18. The van der Waals surface area contributed by atoms with Gasteiger partial charge in [-0.3, -0.25) is 0 Å². The molecule has 5 nitrogen and oxygen atoms in total. The first-order valence-electron chi connectivity index (χ1n) is 4.80. The summed E-state index contributed by atoms with van der Waals surface area (Å²) in [6.07, 6.45) is 1.29. The topological polar surface area (TPSA) is 71.4 Å². The van der Waals surface area contributed by atoms with Crippen LogP contribution in [0.25, 0.3) is 0 Å². The molecule has 0 aliphatic carbocycles. The lowest BCUT2D eigenvalue weighted by Crippen LogP contribution is -2.05. The molecule has 0 bridgehead atoms. The molecule has 0 radical (unpaired) electrons. The monoisotopic (exact) mass is 232 g/mol. The molecule has 0 heterocycles. The number of nitriles is 1. The van der Waals surface area contributed by atoms with E-state index in [1.165, 1.54) is 13.3 Å². The van der Waals surface area contributed by atoms with Gasteiger partial charge in [-0.1, -0.05) is 6.07 Å². The number of hydrogen-bond acceptors (Lipinski definition) is 5. The average Bonchev–Trinajstić information content (AvgIpc) is 2.39. The minimum absolute atomic E-state index is 0.102. The molecule has 0 fully saturated rings. The van der Waals surface area contributed by atoms with Crippen molar-refractivity contribution >= 4 is 11.7 Å². The maximum absolute atomic E-state index is 11.1. The van der Waals surface area contributed by atoms with Crippen molar-refractivity contribution in [1.82, 2.24) is 0 Å². The Morgan fingerprint density at radius 2 is 2.24 bits per heavy atom. The van der Waals surface area contributed by atoms with E-state index in [2.05, 4.69) is 10.1 Å². The summed E-state index contributed by atoms with van der Waals surface area (Å²) in [4.78, 5) is 11.1. The Hall–Kier alpha value is -2.48. The third-order valence-corrected chi connectivity index (χ3v) is 1.98. The zero-order valence-corrected chi connectivity index (χ0v) is 9.56. The second-order valence-electron chi connectivity index (χ2n) is 3.04. The number of benzene rings is 1. The Bertz CT molecular complexity index is 475. The number of carbonyl (C=O) groups is 1. The molecule has 0 saturated carbocycles. The van der Waals surface area contributed by atoms with Crippen LogP contribution in [0.4, 0.5) is 5.69 Å². The lowest BCUT2D eigenvalue weighted by Gasteiger charge is -2.04. The van der Waals surface area contributed by atoms with E-state index < -0.39 is 5.97 Å². The van der Waals surface area contributed by atoms with Gasteiger partial charge in [-0.25, -0.2) is 4.79 Å². The van der Waals surface area contributed by atoms with Crippen LogP contribution < -0.4 is 10.1 Å². The van der Waals surface area contributed by atoms with Crippen molar-refractivity contribution < 1.29 is 14.3 Å². The number of carbonyl (C=O) groups excluding carboxylic acids is 1. The van der Waals surface area contributed by atoms with Crippen LogP contribution in [-0.4, -0.2) is 20.2 Å². The minimum atomic E-state index is -0.678. The van der Waals surface area contributed by atoms with E-state index in [4.69, 9.17) is 10.00 Å². The number of nitrogens with one attached hydrogen (secondary N) is 1. The summed E-state index contributed by atoms with van der Waals surface area (Å²) in [5.41, 5.74) is 0.608. The molecule has 1 aromatic carbocycles. The summed E-state index contributed by atoms with van der Waals surface area (Å²) in [7, 11) is 2.78. The fraction of sp³-hybridized carbons (Fsp3) is 0.167. The maximum atomic E-state index is 11.1. The lowest BCUT2D eigenvalue weighted by molar-refractivity contribution is -0.135. The van der Waals surface area contributed by atoms with Crippen molar-refractivity contribution in [2.24, 2.45) is 0 Å². The molecule has 1 rings (SSSR count). The van der Waals surface area contributed by atoms with Gasteiger partial charge in [0.15, 0.2) is 5.57 Å². The normalized spacial score (nSPS) is 10.3. The largest absolute Gasteiger partial charge is 0.497 e. The fourth-order valence-corrected chi connectivity index (χ4v) is 1.12. The van der Waals surface area contributed by atoms with Gasteiger partial charge in [-0.2, -0.15) is 5.26 Å². The van der Waals surface area contributed by atoms with Gasteiger partial charge in [0.2, 0.25) is 0 Å². The summed E-state index contributed by atoms with van der Waals surface area (Å²) >= 11 is 0. The van der Waals surface area contributed by atoms with E-state index >= 15 is 0 Å². The van der Waals surface area contributed by atoms with Gasteiger partial charge in [0.1, 0.15) is 11.8 Å². The summed E-state index contributed by atoms with van der Waals surface area (Å²) in [6, 6.07) is 8.85. The van der Waals surface area contributed by atoms with E-state index in [-0.39, 0.29) is 5.57 Å². The molecule has 0 amide bonds. The Balaban J connectivity index is 2.81. The zero-order chi connectivity index (χ0) is 12.7. The Morgan fingerprint density at radius 3 is 2.82 bits per heavy atom. The Labute approximate surface area is 99.3 Å². The van der Waals surface area contributed by atoms with Gasteiger partial charge in [-0.15, -0.1) is 0 Å². The first-order chi connectivity index (χ1) is 8.21. The van der Waals surface area contributed by atoms with Crippen LogP contribution in [0.3, 0.4) is 0 Å². The highest BCUT2D eigenvalue weighted by molar-refractivity contribution is 5.93. The van der Waals surface area contributed by atoms with Gasteiger partial charge in [0, 0.05) is 18.0 Å². The van der Waals surface area contributed by atoms with Gasteiger partial charge < -0.3 is 14.8 Å². The molecular weight excluding hydrogens is 220 g/mol. The summed E-state index contributed by atoms with van der Waals surface area (Å²) in [6.45, 7) is 0. The molecule has 5 heteroatoms. The zero-order valence-electron chi connectivity index (χ0n) is 9.56. The Morgan fingerprint density at radius 1 is 1.47 bits per heavy atom. The van der Waals surface area contributed by atoms with Gasteiger partial charge in [0.25, 0.3) is 0 Å². The third kappa shape index (κ3) is 3.54. The molecule has 0 saturated heterocycles. The van der Waals surface area contributed by atoms with Crippen LogP contribution in [0.1, 0.15) is 0 Å². The quantitative estimate of drug-likeness (QED) is 0.486. The number of esters is 1. The van der Waals surface area contributed by atoms with E-state index in [0.717, 1.165) is 0 Å². The summed E-state index contributed by atoms with van der Waals surface area (Å²) < 4.78 is 9.48. The number of anilines is 1. The highest BCUT2D eigenvalue weighted by atomic mass is 16.5. The molecule has 0 aliphatic heterocycles. The van der Waals surface area contributed by atoms with Gasteiger partial charge in [-0.05, 0) is 12.1 Å². The van der Waals surface area contributed by atoms with Gasteiger partial charge in [0.05, 0.1) is 14.2 Å². The number of methoxy groups -OCH3 is 2. The molecular formula is C12H12N2O3. The standard InChI is InChI=1S/C12H12N2O3/c1-16-11-5-3-4-10(6-11)14-8-9(7-13)12(15)17-2/h3-6,8,14H,1-2H3/b9-8-. The highest BCUT2D eigenvalue weighted by Crippen LogP contribution is 2.16. The van der Waals surface area contributed by atoms with Crippen molar-refractivity contribution in [2.75, 3.05) is 19.5 Å². The smallest absolute Gasteiger partial charge is 0.350 e. The van der Waals surface area contributed by atoms with Crippen LogP contribution in [0, 0.1) is 11.3 Å². The van der Waals surface area contributed by atoms with Crippen molar-refractivity contribution in [3.8, 4) is 11.8 Å². The molecule has 0 spiro atoms. The third-order valence-electron chi connectivity index (χ3n) is 1.98. The molecule has 17 heavy (non-hydrogen) atoms. The van der Waals surface area contributed by atoms with Crippen LogP contribution in [0.15, 0.2) is 36.0 Å². The number of hydrogen-bond donors (Lipinski definition) is 1. The molecule has 0 aliphatic rings. The minimum Gasteiger partial charge on any atom is -0.497 e. The van der Waals surface area contributed by atoms with Crippen molar-refractivity contribution in [3.63, 3.8) is 0 Å². The average molecular weight is 232 g/mol. The maximum Gasteiger partial charge on any atom is 0.350 e. The van der Waals surface area contributed by atoms with Crippen LogP contribution in [-0.2, 0) is 9.53 Å². The van der Waals surface area contributed by atoms with Crippen LogP contribution in [0.5, 0.6) is 5.75 Å². The van der Waals surface area contributed by atoms with E-state index in [9.17, 15) is 4.79 Å². The van der Waals surface area contributed by atoms with Crippen LogP contribution >= 0.6 is 0 Å². The molecule has 1 aromatic rings. The summed E-state index contributed by atoms with van der Waals surface area (Å²) in [5, 5.41) is 11.5. The summed E-state index contributed by atoms with van der Waals surface area (Å²) in [5.74, 6) is 0.00266. The van der Waals surface area contributed by atoms with Crippen molar-refractivity contribution in [2.45, 2.75) is 0 Å². The first kappa shape index (κ1) is 12.6. The predicted octanol–water partition coefficient (Wildman–Crippen LogP) is 1.69.